The van der Waals surface area contributed by atoms with Crippen LogP contribution < -0.4 is 5.32 Å². The standard InChI is InChI=1S/C15H15N5O2S/c21-20(22)15-11-17-14-8-7-13(18-19(14)15)16-9-4-10-23-12-5-2-1-3-6-12/h1-3,5-8,11H,4,9-10H2,(H,16,18). The molecular formula is C15H15N5O2S. The first kappa shape index (κ1) is 15.3. The maximum Gasteiger partial charge on any atom is 0.368 e. The van der Waals surface area contributed by atoms with E-state index in [0.29, 0.717) is 11.5 Å². The van der Waals surface area contributed by atoms with Crippen LogP contribution in [0.25, 0.3) is 5.65 Å². The lowest BCUT2D eigenvalue weighted by Gasteiger charge is -2.04. The van der Waals surface area contributed by atoms with Crippen molar-refractivity contribution < 1.29 is 4.92 Å². The number of thioether (sulfide) groups is 1. The highest BCUT2D eigenvalue weighted by Crippen LogP contribution is 2.18. The van der Waals surface area contributed by atoms with Gasteiger partial charge in [-0.2, -0.15) is 0 Å². The summed E-state index contributed by atoms with van der Waals surface area (Å²) in [6.45, 7) is 0.751. The predicted molar refractivity (Wildman–Crippen MR) is 89.9 cm³/mol. The number of hydrogen-bond acceptors (Lipinski definition) is 6. The third-order valence-corrected chi connectivity index (χ3v) is 4.27. The molecule has 8 heteroatoms. The van der Waals surface area contributed by atoms with Crippen molar-refractivity contribution in [3.63, 3.8) is 0 Å². The Morgan fingerprint density at radius 1 is 1.22 bits per heavy atom. The second-order valence-corrected chi connectivity index (χ2v) is 5.97. The molecule has 0 unspecified atom stereocenters. The minimum absolute atomic E-state index is 0.136. The van der Waals surface area contributed by atoms with Gasteiger partial charge in [0.2, 0.25) is 5.65 Å². The number of hydrogen-bond donors (Lipinski definition) is 1. The van der Waals surface area contributed by atoms with E-state index in [0.717, 1.165) is 18.7 Å². The van der Waals surface area contributed by atoms with Gasteiger partial charge in [0.1, 0.15) is 6.20 Å². The van der Waals surface area contributed by atoms with E-state index >= 15 is 0 Å². The van der Waals surface area contributed by atoms with Gasteiger partial charge in [-0.05, 0) is 35.3 Å². The fourth-order valence-electron chi connectivity index (χ4n) is 2.08. The SMILES string of the molecule is O=[N+]([O-])c1cnc2ccc(NCCCSc3ccccc3)nn12. The summed E-state index contributed by atoms with van der Waals surface area (Å²) in [6, 6.07) is 13.7. The van der Waals surface area contributed by atoms with Crippen LogP contribution in [-0.2, 0) is 0 Å². The van der Waals surface area contributed by atoms with E-state index in [-0.39, 0.29) is 5.82 Å². The summed E-state index contributed by atoms with van der Waals surface area (Å²) in [6.07, 6.45) is 2.17. The molecule has 0 aliphatic carbocycles. The van der Waals surface area contributed by atoms with Gasteiger partial charge in [-0.3, -0.25) is 0 Å². The molecule has 1 N–H and O–H groups in total. The van der Waals surface area contributed by atoms with Crippen molar-refractivity contribution in [1.29, 1.82) is 0 Å². The number of benzene rings is 1. The molecule has 0 fully saturated rings. The normalized spacial score (nSPS) is 10.8. The van der Waals surface area contributed by atoms with Gasteiger partial charge in [-0.25, -0.2) is 4.98 Å². The van der Waals surface area contributed by atoms with E-state index < -0.39 is 4.92 Å². The van der Waals surface area contributed by atoms with Crippen molar-refractivity contribution in [1.82, 2.24) is 14.6 Å². The summed E-state index contributed by atoms with van der Waals surface area (Å²) in [5, 5.41) is 18.3. The Morgan fingerprint density at radius 3 is 2.83 bits per heavy atom. The molecule has 0 amide bonds. The average Bonchev–Trinajstić information content (AvgIpc) is 2.99. The highest BCUT2D eigenvalue weighted by Gasteiger charge is 2.15. The molecule has 7 nitrogen and oxygen atoms in total. The summed E-state index contributed by atoms with van der Waals surface area (Å²) < 4.78 is 1.24. The molecule has 0 aliphatic rings. The van der Waals surface area contributed by atoms with Gasteiger partial charge in [0.05, 0.1) is 0 Å². The van der Waals surface area contributed by atoms with Gasteiger partial charge >= 0.3 is 5.82 Å². The molecule has 2 aromatic heterocycles. The van der Waals surface area contributed by atoms with Crippen LogP contribution in [0.5, 0.6) is 0 Å². The first-order chi connectivity index (χ1) is 11.2. The highest BCUT2D eigenvalue weighted by molar-refractivity contribution is 7.99. The molecule has 0 spiro atoms. The number of nitrogens with zero attached hydrogens (tertiary/aromatic N) is 4. The van der Waals surface area contributed by atoms with Crippen molar-refractivity contribution in [3.8, 4) is 0 Å². The monoisotopic (exact) mass is 329 g/mol. The van der Waals surface area contributed by atoms with Crippen molar-refractivity contribution >= 4 is 29.0 Å². The van der Waals surface area contributed by atoms with Crippen LogP contribution in [-0.4, -0.2) is 31.8 Å². The number of nitro groups is 1. The van der Waals surface area contributed by atoms with Crippen molar-refractivity contribution in [2.45, 2.75) is 11.3 Å². The fraction of sp³-hybridized carbons (Fsp3) is 0.200. The third-order valence-electron chi connectivity index (χ3n) is 3.17. The van der Waals surface area contributed by atoms with Crippen LogP contribution in [0.3, 0.4) is 0 Å². The van der Waals surface area contributed by atoms with Crippen LogP contribution >= 0.6 is 11.8 Å². The Balaban J connectivity index is 1.53. The van der Waals surface area contributed by atoms with E-state index in [1.807, 2.05) is 18.2 Å². The molecule has 3 rings (SSSR count). The van der Waals surface area contributed by atoms with Crippen LogP contribution in [0.4, 0.5) is 11.6 Å². The van der Waals surface area contributed by atoms with Crippen LogP contribution in [0.1, 0.15) is 6.42 Å². The molecule has 0 bridgehead atoms. The minimum atomic E-state index is -0.493. The molecule has 1 aromatic carbocycles. The molecule has 0 radical (unpaired) electrons. The van der Waals surface area contributed by atoms with Gasteiger partial charge in [0.25, 0.3) is 0 Å². The molecule has 23 heavy (non-hydrogen) atoms. The minimum Gasteiger partial charge on any atom is -0.367 e. The Morgan fingerprint density at radius 2 is 2.04 bits per heavy atom. The second-order valence-electron chi connectivity index (χ2n) is 4.80. The lowest BCUT2D eigenvalue weighted by atomic mass is 10.4. The highest BCUT2D eigenvalue weighted by atomic mass is 32.2. The maximum atomic E-state index is 10.9. The summed E-state index contributed by atoms with van der Waals surface area (Å²) in [5.74, 6) is 1.45. The number of anilines is 1. The van der Waals surface area contributed by atoms with Gasteiger partial charge in [0.15, 0.2) is 5.82 Å². The van der Waals surface area contributed by atoms with E-state index in [2.05, 4.69) is 27.5 Å². The second kappa shape index (κ2) is 7.10. The van der Waals surface area contributed by atoms with Crippen molar-refractivity contribution in [3.05, 3.63) is 58.8 Å². The average molecular weight is 329 g/mol. The molecule has 0 aliphatic heterocycles. The zero-order valence-corrected chi connectivity index (χ0v) is 13.1. The molecule has 0 atom stereocenters. The Bertz CT molecular complexity index is 806. The van der Waals surface area contributed by atoms with E-state index in [1.54, 1.807) is 23.9 Å². The Labute approximate surface area is 136 Å². The number of fused-ring (bicyclic) bond motifs is 1. The van der Waals surface area contributed by atoms with Gasteiger partial charge < -0.3 is 15.4 Å². The Kier molecular flexibility index (Phi) is 4.72. The molecule has 0 saturated heterocycles. The summed E-state index contributed by atoms with van der Waals surface area (Å²) in [5.41, 5.74) is 0.460. The van der Waals surface area contributed by atoms with Crippen LogP contribution in [0, 0.1) is 10.1 Å². The fourth-order valence-corrected chi connectivity index (χ4v) is 2.95. The number of aromatic nitrogens is 3. The van der Waals surface area contributed by atoms with Gasteiger partial charge in [-0.1, -0.05) is 27.8 Å². The first-order valence-electron chi connectivity index (χ1n) is 7.15. The third kappa shape index (κ3) is 3.78. The predicted octanol–water partition coefficient (Wildman–Crippen LogP) is 3.23. The van der Waals surface area contributed by atoms with Gasteiger partial charge in [-0.15, -0.1) is 11.8 Å². The van der Waals surface area contributed by atoms with Crippen molar-refractivity contribution in [2.75, 3.05) is 17.6 Å². The topological polar surface area (TPSA) is 85.4 Å². The summed E-state index contributed by atoms with van der Waals surface area (Å²) in [4.78, 5) is 15.6. The molecule has 0 saturated carbocycles. The smallest absolute Gasteiger partial charge is 0.367 e. The van der Waals surface area contributed by atoms with E-state index in [1.165, 1.54) is 15.6 Å². The molecule has 2 heterocycles. The number of nitrogens with one attached hydrogen (secondary N) is 1. The van der Waals surface area contributed by atoms with Crippen molar-refractivity contribution in [2.24, 2.45) is 0 Å². The summed E-state index contributed by atoms with van der Waals surface area (Å²) >= 11 is 1.80. The molecule has 118 valence electrons. The van der Waals surface area contributed by atoms with Gasteiger partial charge in [0, 0.05) is 17.5 Å². The largest absolute Gasteiger partial charge is 0.368 e. The number of imidazole rings is 1. The quantitative estimate of drug-likeness (QED) is 0.310. The first-order valence-corrected chi connectivity index (χ1v) is 8.13. The zero-order valence-electron chi connectivity index (χ0n) is 12.3. The lowest BCUT2D eigenvalue weighted by Crippen LogP contribution is -2.07. The molecule has 3 aromatic rings. The Hall–Kier alpha value is -2.61. The van der Waals surface area contributed by atoms with Crippen LogP contribution in [0.15, 0.2) is 53.6 Å². The maximum absolute atomic E-state index is 10.9. The van der Waals surface area contributed by atoms with Crippen LogP contribution in [0.2, 0.25) is 0 Å². The molecular weight excluding hydrogens is 314 g/mol. The zero-order chi connectivity index (χ0) is 16.1. The summed E-state index contributed by atoms with van der Waals surface area (Å²) in [7, 11) is 0. The number of rotatable bonds is 7. The van der Waals surface area contributed by atoms with E-state index in [4.69, 9.17) is 0 Å². The lowest BCUT2D eigenvalue weighted by molar-refractivity contribution is -0.391. The van der Waals surface area contributed by atoms with E-state index in [9.17, 15) is 10.1 Å².